The van der Waals surface area contributed by atoms with E-state index < -0.39 is 5.60 Å². The highest BCUT2D eigenvalue weighted by molar-refractivity contribution is 5.85. The first-order valence-corrected chi connectivity index (χ1v) is 3.69. The minimum atomic E-state index is -0.556. The summed E-state index contributed by atoms with van der Waals surface area (Å²) in [5, 5.41) is 12.9. The molecule has 0 aliphatic carbocycles. The average Bonchev–Trinajstić information content (AvgIpc) is 1.89. The lowest BCUT2D eigenvalue weighted by Gasteiger charge is -2.31. The molecule has 1 aliphatic heterocycles. The van der Waals surface area contributed by atoms with E-state index in [0.29, 0.717) is 6.61 Å². The molecular weight excluding hydrogens is 166 g/mol. The van der Waals surface area contributed by atoms with Crippen molar-refractivity contribution in [3.05, 3.63) is 0 Å². The summed E-state index contributed by atoms with van der Waals surface area (Å²) in [7, 11) is 1.63. The van der Waals surface area contributed by atoms with E-state index >= 15 is 0 Å². The van der Waals surface area contributed by atoms with Gasteiger partial charge in [-0.2, -0.15) is 0 Å². The van der Waals surface area contributed by atoms with Crippen LogP contribution in [0.25, 0.3) is 0 Å². The van der Waals surface area contributed by atoms with Gasteiger partial charge in [-0.3, -0.25) is 0 Å². The topological polar surface area (TPSA) is 41.5 Å². The zero-order valence-electron chi connectivity index (χ0n) is 6.80. The van der Waals surface area contributed by atoms with E-state index in [4.69, 9.17) is 4.74 Å². The van der Waals surface area contributed by atoms with Crippen molar-refractivity contribution in [1.82, 2.24) is 5.32 Å². The van der Waals surface area contributed by atoms with E-state index in [1.54, 1.807) is 7.11 Å². The van der Waals surface area contributed by atoms with E-state index in [0.717, 1.165) is 25.9 Å². The Kier molecular flexibility index (Phi) is 5.01. The third kappa shape index (κ3) is 3.38. The first kappa shape index (κ1) is 11.2. The summed E-state index contributed by atoms with van der Waals surface area (Å²) in [6, 6.07) is 0. The number of hydrogen-bond acceptors (Lipinski definition) is 3. The molecule has 0 saturated carbocycles. The number of aliphatic hydroxyl groups is 1. The number of ether oxygens (including phenoxy) is 1. The van der Waals surface area contributed by atoms with Crippen LogP contribution < -0.4 is 5.32 Å². The second-order valence-corrected chi connectivity index (χ2v) is 2.91. The first-order chi connectivity index (χ1) is 4.77. The van der Waals surface area contributed by atoms with E-state index in [1.807, 2.05) is 0 Å². The quantitative estimate of drug-likeness (QED) is 0.638. The third-order valence-corrected chi connectivity index (χ3v) is 1.95. The first-order valence-electron chi connectivity index (χ1n) is 3.69. The van der Waals surface area contributed by atoms with Gasteiger partial charge in [-0.25, -0.2) is 0 Å². The van der Waals surface area contributed by atoms with Crippen LogP contribution in [0.4, 0.5) is 0 Å². The summed E-state index contributed by atoms with van der Waals surface area (Å²) >= 11 is 0. The SMILES string of the molecule is COCC1(O)CCNCC1.Cl. The Bertz CT molecular complexity index is 99.1. The Balaban J connectivity index is 0.000001000. The van der Waals surface area contributed by atoms with Gasteiger partial charge in [0, 0.05) is 7.11 Å². The summed E-state index contributed by atoms with van der Waals surface area (Å²) in [4.78, 5) is 0. The van der Waals surface area contributed by atoms with Crippen LogP contribution in [0.2, 0.25) is 0 Å². The van der Waals surface area contributed by atoms with Crippen molar-refractivity contribution in [2.24, 2.45) is 0 Å². The Hall–Kier alpha value is 0.170. The largest absolute Gasteiger partial charge is 0.387 e. The van der Waals surface area contributed by atoms with E-state index in [-0.39, 0.29) is 12.4 Å². The molecule has 1 heterocycles. The molecule has 2 N–H and O–H groups in total. The van der Waals surface area contributed by atoms with Crippen LogP contribution in [0.15, 0.2) is 0 Å². The van der Waals surface area contributed by atoms with Gasteiger partial charge < -0.3 is 15.2 Å². The van der Waals surface area contributed by atoms with Gasteiger partial charge in [0.25, 0.3) is 0 Å². The molecule has 11 heavy (non-hydrogen) atoms. The monoisotopic (exact) mass is 181 g/mol. The second kappa shape index (κ2) is 4.93. The zero-order chi connectivity index (χ0) is 7.45. The fourth-order valence-electron chi connectivity index (χ4n) is 1.31. The Morgan fingerprint density at radius 2 is 2.00 bits per heavy atom. The van der Waals surface area contributed by atoms with Crippen LogP contribution in [0.5, 0.6) is 0 Å². The molecule has 1 fully saturated rings. The second-order valence-electron chi connectivity index (χ2n) is 2.91. The molecule has 0 aromatic carbocycles. The highest BCUT2D eigenvalue weighted by atomic mass is 35.5. The Morgan fingerprint density at radius 3 is 2.45 bits per heavy atom. The van der Waals surface area contributed by atoms with Gasteiger partial charge >= 0.3 is 0 Å². The minimum Gasteiger partial charge on any atom is -0.387 e. The summed E-state index contributed by atoms with van der Waals surface area (Å²) in [5.41, 5.74) is -0.556. The molecule has 0 aromatic rings. The van der Waals surface area contributed by atoms with Crippen molar-refractivity contribution in [3.8, 4) is 0 Å². The van der Waals surface area contributed by atoms with Crippen molar-refractivity contribution < 1.29 is 9.84 Å². The van der Waals surface area contributed by atoms with Crippen molar-refractivity contribution in [3.63, 3.8) is 0 Å². The van der Waals surface area contributed by atoms with Gasteiger partial charge in [-0.05, 0) is 25.9 Å². The Labute approximate surface area is 73.5 Å². The number of piperidine rings is 1. The van der Waals surface area contributed by atoms with E-state index in [2.05, 4.69) is 5.32 Å². The van der Waals surface area contributed by atoms with Gasteiger partial charge in [0.1, 0.15) is 0 Å². The lowest BCUT2D eigenvalue weighted by molar-refractivity contribution is -0.0509. The summed E-state index contributed by atoms with van der Waals surface area (Å²) in [6.07, 6.45) is 1.61. The minimum absolute atomic E-state index is 0. The van der Waals surface area contributed by atoms with Gasteiger partial charge in [0.15, 0.2) is 0 Å². The molecule has 0 radical (unpaired) electrons. The molecule has 0 unspecified atom stereocenters. The molecule has 0 spiro atoms. The summed E-state index contributed by atoms with van der Waals surface area (Å²) in [5.74, 6) is 0. The molecular formula is C7H16ClNO2. The lowest BCUT2D eigenvalue weighted by atomic mass is 9.94. The predicted octanol–water partition coefficient (Wildman–Crippen LogP) is 0.169. The predicted molar refractivity (Wildman–Crippen MR) is 46.2 cm³/mol. The molecule has 0 amide bonds. The molecule has 3 nitrogen and oxygen atoms in total. The highest BCUT2D eigenvalue weighted by Gasteiger charge is 2.28. The van der Waals surface area contributed by atoms with Gasteiger partial charge in [0.05, 0.1) is 12.2 Å². The zero-order valence-corrected chi connectivity index (χ0v) is 7.62. The fourth-order valence-corrected chi connectivity index (χ4v) is 1.31. The van der Waals surface area contributed by atoms with Crippen molar-refractivity contribution in [2.75, 3.05) is 26.8 Å². The molecule has 4 heteroatoms. The maximum absolute atomic E-state index is 9.71. The molecule has 0 atom stereocenters. The highest BCUT2D eigenvalue weighted by Crippen LogP contribution is 2.17. The van der Waals surface area contributed by atoms with Crippen LogP contribution in [0.3, 0.4) is 0 Å². The van der Waals surface area contributed by atoms with Gasteiger partial charge in [-0.1, -0.05) is 0 Å². The van der Waals surface area contributed by atoms with Crippen molar-refractivity contribution in [2.45, 2.75) is 18.4 Å². The molecule has 1 saturated heterocycles. The number of methoxy groups -OCH3 is 1. The van der Waals surface area contributed by atoms with Crippen LogP contribution in [0, 0.1) is 0 Å². The smallest absolute Gasteiger partial charge is 0.0904 e. The van der Waals surface area contributed by atoms with Crippen LogP contribution in [-0.4, -0.2) is 37.5 Å². The molecule has 0 aromatic heterocycles. The maximum atomic E-state index is 9.71. The molecule has 68 valence electrons. The summed E-state index contributed by atoms with van der Waals surface area (Å²) < 4.78 is 4.91. The summed E-state index contributed by atoms with van der Waals surface area (Å²) in [6.45, 7) is 2.27. The molecule has 0 bridgehead atoms. The number of rotatable bonds is 2. The van der Waals surface area contributed by atoms with Crippen LogP contribution in [-0.2, 0) is 4.74 Å². The Morgan fingerprint density at radius 1 is 1.45 bits per heavy atom. The average molecular weight is 182 g/mol. The van der Waals surface area contributed by atoms with Gasteiger partial charge in [-0.15, -0.1) is 12.4 Å². The van der Waals surface area contributed by atoms with Gasteiger partial charge in [0.2, 0.25) is 0 Å². The number of halogens is 1. The standard InChI is InChI=1S/C7H15NO2.ClH/c1-10-6-7(9)2-4-8-5-3-7;/h8-9H,2-6H2,1H3;1H. The fraction of sp³-hybridized carbons (Fsp3) is 1.00. The number of hydrogen-bond donors (Lipinski definition) is 2. The van der Waals surface area contributed by atoms with Crippen molar-refractivity contribution >= 4 is 12.4 Å². The third-order valence-electron chi connectivity index (χ3n) is 1.95. The van der Waals surface area contributed by atoms with E-state index in [9.17, 15) is 5.11 Å². The van der Waals surface area contributed by atoms with E-state index in [1.165, 1.54) is 0 Å². The molecule has 1 aliphatic rings. The lowest BCUT2D eigenvalue weighted by Crippen LogP contribution is -2.44. The maximum Gasteiger partial charge on any atom is 0.0904 e. The van der Waals surface area contributed by atoms with Crippen LogP contribution in [0.1, 0.15) is 12.8 Å². The normalized spacial score (nSPS) is 22.4. The molecule has 1 rings (SSSR count). The number of nitrogens with one attached hydrogen (secondary N) is 1. The van der Waals surface area contributed by atoms with Crippen LogP contribution >= 0.6 is 12.4 Å². The van der Waals surface area contributed by atoms with Crippen molar-refractivity contribution in [1.29, 1.82) is 0 Å².